The third-order valence-corrected chi connectivity index (χ3v) is 1.94. The van der Waals surface area contributed by atoms with Crippen LogP contribution < -0.4 is 4.74 Å². The molecule has 0 aromatic heterocycles. The molecule has 0 unspecified atom stereocenters. The van der Waals surface area contributed by atoms with Crippen LogP contribution in [0.3, 0.4) is 0 Å². The lowest BCUT2D eigenvalue weighted by atomic mass is 10.1. The Morgan fingerprint density at radius 1 is 1.38 bits per heavy atom. The van der Waals surface area contributed by atoms with E-state index in [9.17, 15) is 22.4 Å². The van der Waals surface area contributed by atoms with E-state index in [2.05, 4.69) is 4.74 Å². The van der Waals surface area contributed by atoms with Gasteiger partial charge in [-0.3, -0.25) is 4.79 Å². The van der Waals surface area contributed by atoms with Crippen molar-refractivity contribution in [2.45, 2.75) is 13.3 Å². The Morgan fingerprint density at radius 3 is 2.38 bits per heavy atom. The fourth-order valence-electron chi connectivity index (χ4n) is 1.01. The molecular weight excluding hydrogens is 252 g/mol. The molecule has 0 heterocycles. The molecular formula is C9H5ClF4O2. The third-order valence-electron chi connectivity index (χ3n) is 1.65. The van der Waals surface area contributed by atoms with Crippen LogP contribution in [0.2, 0.25) is 5.02 Å². The predicted molar refractivity (Wildman–Crippen MR) is 48.1 cm³/mol. The van der Waals surface area contributed by atoms with Crippen molar-refractivity contribution in [3.05, 3.63) is 28.5 Å². The molecule has 0 aliphatic heterocycles. The quantitative estimate of drug-likeness (QED) is 0.597. The highest BCUT2D eigenvalue weighted by Crippen LogP contribution is 2.34. The molecule has 0 amide bonds. The maximum atomic E-state index is 13.4. The minimum atomic E-state index is -5.07. The number of halogens is 5. The lowest BCUT2D eigenvalue weighted by Gasteiger charge is -2.12. The summed E-state index contributed by atoms with van der Waals surface area (Å²) in [5.74, 6) is -3.33. The van der Waals surface area contributed by atoms with Crippen LogP contribution in [0.5, 0.6) is 5.75 Å². The Labute approximate surface area is 92.8 Å². The van der Waals surface area contributed by atoms with Crippen molar-refractivity contribution in [2.24, 2.45) is 0 Å². The number of Topliss-reactive ketones (excluding diaryl/α,β-unsaturated/α-hetero) is 1. The largest absolute Gasteiger partial charge is 0.573 e. The summed E-state index contributed by atoms with van der Waals surface area (Å²) in [6, 6.07) is 1.95. The number of carbonyl (C=O) groups is 1. The molecule has 16 heavy (non-hydrogen) atoms. The first-order valence-electron chi connectivity index (χ1n) is 3.97. The second kappa shape index (κ2) is 4.29. The van der Waals surface area contributed by atoms with Crippen LogP contribution in [0, 0.1) is 5.82 Å². The summed E-state index contributed by atoms with van der Waals surface area (Å²) in [6.07, 6.45) is -5.07. The zero-order valence-electron chi connectivity index (χ0n) is 7.86. The highest BCUT2D eigenvalue weighted by Gasteiger charge is 2.34. The standard InChI is InChI=1S/C9H5ClF4O2/c1-4(15)5-2-3-6(10)8(7(5)11)16-9(12,13)14/h2-3H,1H3. The smallest absolute Gasteiger partial charge is 0.401 e. The molecule has 0 fully saturated rings. The van der Waals surface area contributed by atoms with Gasteiger partial charge in [-0.1, -0.05) is 11.6 Å². The molecule has 0 N–H and O–H groups in total. The average molecular weight is 257 g/mol. The zero-order chi connectivity index (χ0) is 12.5. The lowest BCUT2D eigenvalue weighted by Crippen LogP contribution is -2.19. The molecule has 1 aromatic rings. The maximum absolute atomic E-state index is 13.4. The molecule has 0 atom stereocenters. The monoisotopic (exact) mass is 256 g/mol. The van der Waals surface area contributed by atoms with E-state index in [1.54, 1.807) is 0 Å². The fourth-order valence-corrected chi connectivity index (χ4v) is 1.20. The first kappa shape index (κ1) is 12.8. The van der Waals surface area contributed by atoms with Gasteiger partial charge < -0.3 is 4.74 Å². The normalized spacial score (nSPS) is 11.4. The Balaban J connectivity index is 3.27. The predicted octanol–water partition coefficient (Wildman–Crippen LogP) is 3.58. The van der Waals surface area contributed by atoms with E-state index in [1.807, 2.05) is 0 Å². The molecule has 0 spiro atoms. The molecule has 1 rings (SSSR count). The minimum Gasteiger partial charge on any atom is -0.401 e. The van der Waals surface area contributed by atoms with Gasteiger partial charge in [0.15, 0.2) is 17.3 Å². The number of alkyl halides is 3. The van der Waals surface area contributed by atoms with Crippen molar-refractivity contribution in [1.82, 2.24) is 0 Å². The van der Waals surface area contributed by atoms with Gasteiger partial charge in [-0.25, -0.2) is 4.39 Å². The van der Waals surface area contributed by atoms with E-state index in [1.165, 1.54) is 0 Å². The Morgan fingerprint density at radius 2 is 1.94 bits per heavy atom. The van der Waals surface area contributed by atoms with Gasteiger partial charge in [-0.2, -0.15) is 0 Å². The summed E-state index contributed by atoms with van der Waals surface area (Å²) in [4.78, 5) is 10.9. The van der Waals surface area contributed by atoms with Gasteiger partial charge in [-0.15, -0.1) is 13.2 Å². The van der Waals surface area contributed by atoms with E-state index in [0.29, 0.717) is 0 Å². The number of ether oxygens (including phenoxy) is 1. The van der Waals surface area contributed by atoms with Crippen LogP contribution in [-0.2, 0) is 0 Å². The van der Waals surface area contributed by atoms with E-state index in [4.69, 9.17) is 11.6 Å². The minimum absolute atomic E-state index is 0.511. The second-order valence-electron chi connectivity index (χ2n) is 2.84. The first-order chi connectivity index (χ1) is 7.22. The van der Waals surface area contributed by atoms with Crippen molar-refractivity contribution in [1.29, 1.82) is 0 Å². The molecule has 2 nitrogen and oxygen atoms in total. The summed E-state index contributed by atoms with van der Waals surface area (Å²) in [7, 11) is 0. The van der Waals surface area contributed by atoms with Gasteiger partial charge in [0.2, 0.25) is 0 Å². The van der Waals surface area contributed by atoms with Crippen molar-refractivity contribution in [2.75, 3.05) is 0 Å². The van der Waals surface area contributed by atoms with Crippen molar-refractivity contribution in [3.8, 4) is 5.75 Å². The molecule has 0 saturated heterocycles. The van der Waals surface area contributed by atoms with Crippen LogP contribution in [-0.4, -0.2) is 12.1 Å². The highest BCUT2D eigenvalue weighted by atomic mass is 35.5. The summed E-state index contributed by atoms with van der Waals surface area (Å²) >= 11 is 5.34. The van der Waals surface area contributed by atoms with Gasteiger partial charge in [-0.05, 0) is 19.1 Å². The Bertz CT molecular complexity index is 428. The molecule has 1 aromatic carbocycles. The molecule has 0 bridgehead atoms. The third kappa shape index (κ3) is 2.85. The van der Waals surface area contributed by atoms with E-state index < -0.39 is 34.3 Å². The summed E-state index contributed by atoms with van der Waals surface area (Å²) in [5, 5.41) is -0.556. The molecule has 0 aliphatic rings. The van der Waals surface area contributed by atoms with E-state index >= 15 is 0 Å². The highest BCUT2D eigenvalue weighted by molar-refractivity contribution is 6.32. The molecule has 7 heteroatoms. The maximum Gasteiger partial charge on any atom is 0.573 e. The van der Waals surface area contributed by atoms with Crippen LogP contribution in [0.25, 0.3) is 0 Å². The molecule has 0 radical (unpaired) electrons. The van der Waals surface area contributed by atoms with Gasteiger partial charge in [0.25, 0.3) is 0 Å². The number of rotatable bonds is 2. The second-order valence-corrected chi connectivity index (χ2v) is 3.25. The van der Waals surface area contributed by atoms with Crippen LogP contribution in [0.1, 0.15) is 17.3 Å². The Hall–Kier alpha value is -1.30. The lowest BCUT2D eigenvalue weighted by molar-refractivity contribution is -0.275. The number of carbonyl (C=O) groups excluding carboxylic acids is 1. The van der Waals surface area contributed by atoms with Gasteiger partial charge in [0, 0.05) is 0 Å². The van der Waals surface area contributed by atoms with Gasteiger partial charge >= 0.3 is 6.36 Å². The van der Waals surface area contributed by atoms with Crippen LogP contribution in [0.4, 0.5) is 17.6 Å². The Kier molecular flexibility index (Phi) is 3.42. The molecule has 0 saturated carbocycles. The SMILES string of the molecule is CC(=O)c1ccc(Cl)c(OC(F)(F)F)c1F. The van der Waals surface area contributed by atoms with E-state index in [0.717, 1.165) is 19.1 Å². The number of benzene rings is 1. The topological polar surface area (TPSA) is 26.3 Å². The van der Waals surface area contributed by atoms with Crippen molar-refractivity contribution >= 4 is 17.4 Å². The van der Waals surface area contributed by atoms with Gasteiger partial charge in [0.1, 0.15) is 0 Å². The van der Waals surface area contributed by atoms with Crippen LogP contribution in [0.15, 0.2) is 12.1 Å². The van der Waals surface area contributed by atoms with Crippen LogP contribution >= 0.6 is 11.6 Å². The van der Waals surface area contributed by atoms with Gasteiger partial charge in [0.05, 0.1) is 10.6 Å². The fraction of sp³-hybridized carbons (Fsp3) is 0.222. The number of hydrogen-bond donors (Lipinski definition) is 0. The molecule has 88 valence electrons. The zero-order valence-corrected chi connectivity index (χ0v) is 8.62. The molecule has 0 aliphatic carbocycles. The summed E-state index contributed by atoms with van der Waals surface area (Å²) < 4.78 is 52.5. The van der Waals surface area contributed by atoms with Crippen molar-refractivity contribution in [3.63, 3.8) is 0 Å². The number of ketones is 1. The average Bonchev–Trinajstić information content (AvgIpc) is 2.10. The first-order valence-corrected chi connectivity index (χ1v) is 4.35. The van der Waals surface area contributed by atoms with Crippen molar-refractivity contribution < 1.29 is 27.1 Å². The van der Waals surface area contributed by atoms with E-state index in [-0.39, 0.29) is 0 Å². The summed E-state index contributed by atoms with van der Waals surface area (Å²) in [5.41, 5.74) is -0.511. The summed E-state index contributed by atoms with van der Waals surface area (Å²) in [6.45, 7) is 1.02. The number of hydrogen-bond acceptors (Lipinski definition) is 2.